The first-order valence-corrected chi connectivity index (χ1v) is 9.28. The third kappa shape index (κ3) is 5.77. The van der Waals surface area contributed by atoms with Crippen molar-refractivity contribution in [1.82, 2.24) is 9.37 Å². The molecular weight excluding hydrogens is 364 g/mol. The van der Waals surface area contributed by atoms with Crippen molar-refractivity contribution in [2.75, 3.05) is 47.6 Å². The Labute approximate surface area is 153 Å². The van der Waals surface area contributed by atoms with Gasteiger partial charge >= 0.3 is 5.97 Å². The lowest BCUT2D eigenvalue weighted by Gasteiger charge is -2.22. The third-order valence-corrected chi connectivity index (χ3v) is 5.13. The van der Waals surface area contributed by atoms with E-state index in [1.54, 1.807) is 6.92 Å². The summed E-state index contributed by atoms with van der Waals surface area (Å²) >= 11 is 0. The minimum atomic E-state index is -3.90. The molecule has 0 N–H and O–H groups in total. The normalized spacial score (nSPS) is 11.4. The fraction of sp³-hybridized carbons (Fsp3) is 0.500. The Hall–Kier alpha value is -2.01. The first-order chi connectivity index (χ1) is 12.3. The molecule has 146 valence electrons. The molecule has 0 aromatic heterocycles. The maximum Gasteiger partial charge on any atom is 0.325 e. The summed E-state index contributed by atoms with van der Waals surface area (Å²) in [5.41, 5.74) is 0.121. The van der Waals surface area contributed by atoms with Crippen LogP contribution >= 0.6 is 0 Å². The number of amides is 1. The third-order valence-electron chi connectivity index (χ3n) is 3.45. The molecule has 0 spiro atoms. The highest BCUT2D eigenvalue weighted by Crippen LogP contribution is 2.17. The van der Waals surface area contributed by atoms with Crippen molar-refractivity contribution >= 4 is 21.9 Å². The van der Waals surface area contributed by atoms with E-state index in [9.17, 15) is 18.0 Å². The number of esters is 1. The molecule has 1 amide bonds. The summed E-state index contributed by atoms with van der Waals surface area (Å²) in [5, 5.41) is 0. The predicted molar refractivity (Wildman–Crippen MR) is 92.8 cm³/mol. The number of hydroxylamine groups is 1. The molecule has 1 rings (SSSR count). The summed E-state index contributed by atoms with van der Waals surface area (Å²) in [6.07, 6.45) is 0. The van der Waals surface area contributed by atoms with Crippen LogP contribution in [0.1, 0.15) is 17.3 Å². The van der Waals surface area contributed by atoms with Gasteiger partial charge in [-0.05, 0) is 25.1 Å². The average Bonchev–Trinajstić information content (AvgIpc) is 2.64. The molecule has 26 heavy (non-hydrogen) atoms. The molecule has 10 heteroatoms. The van der Waals surface area contributed by atoms with E-state index in [1.165, 1.54) is 50.4 Å². The lowest BCUT2D eigenvalue weighted by atomic mass is 10.2. The molecule has 0 saturated heterocycles. The standard InChI is InChI=1S/C16H24N2O7S/c1-5-25-15(19)12-18(9-10-23-3)16(20)13-7-6-8-14(11-13)26(21,22)17(2)24-4/h6-8,11H,5,9-10,12H2,1-4H3. The van der Waals surface area contributed by atoms with E-state index in [1.807, 2.05) is 0 Å². The van der Waals surface area contributed by atoms with Gasteiger partial charge in [-0.2, -0.15) is 0 Å². The van der Waals surface area contributed by atoms with Crippen molar-refractivity contribution < 1.29 is 32.3 Å². The van der Waals surface area contributed by atoms with E-state index < -0.39 is 21.9 Å². The van der Waals surface area contributed by atoms with Gasteiger partial charge in [0.2, 0.25) is 0 Å². The van der Waals surface area contributed by atoms with Crippen molar-refractivity contribution in [3.05, 3.63) is 29.8 Å². The molecule has 1 aromatic carbocycles. The largest absolute Gasteiger partial charge is 0.465 e. The molecule has 0 bridgehead atoms. The second-order valence-electron chi connectivity index (χ2n) is 5.15. The van der Waals surface area contributed by atoms with E-state index in [0.29, 0.717) is 4.47 Å². The number of carbonyl (C=O) groups excluding carboxylic acids is 2. The zero-order valence-electron chi connectivity index (χ0n) is 15.3. The van der Waals surface area contributed by atoms with E-state index in [0.717, 1.165) is 0 Å². The zero-order valence-corrected chi connectivity index (χ0v) is 16.1. The fourth-order valence-corrected chi connectivity index (χ4v) is 3.05. The molecule has 0 fully saturated rings. The summed E-state index contributed by atoms with van der Waals surface area (Å²) in [7, 11) is 0.0438. The summed E-state index contributed by atoms with van der Waals surface area (Å²) in [5.74, 6) is -1.06. The smallest absolute Gasteiger partial charge is 0.325 e. The molecule has 9 nitrogen and oxygen atoms in total. The van der Waals surface area contributed by atoms with Gasteiger partial charge in [-0.25, -0.2) is 8.42 Å². The Balaban J connectivity index is 3.11. The van der Waals surface area contributed by atoms with Gasteiger partial charge in [-0.3, -0.25) is 14.4 Å². The van der Waals surface area contributed by atoms with E-state index in [4.69, 9.17) is 14.3 Å². The van der Waals surface area contributed by atoms with Crippen LogP contribution in [0.3, 0.4) is 0 Å². The number of benzene rings is 1. The molecule has 0 saturated carbocycles. The Bertz CT molecular complexity index is 721. The van der Waals surface area contributed by atoms with Crippen LogP contribution in [0.25, 0.3) is 0 Å². The van der Waals surface area contributed by atoms with Gasteiger partial charge < -0.3 is 14.4 Å². The van der Waals surface area contributed by atoms with Crippen molar-refractivity contribution in [2.24, 2.45) is 0 Å². The van der Waals surface area contributed by atoms with E-state index in [-0.39, 0.29) is 36.8 Å². The SMILES string of the molecule is CCOC(=O)CN(CCOC)C(=O)c1cccc(S(=O)(=O)N(C)OC)c1. The lowest BCUT2D eigenvalue weighted by Crippen LogP contribution is -2.38. The van der Waals surface area contributed by atoms with Gasteiger partial charge in [-0.1, -0.05) is 10.5 Å². The summed E-state index contributed by atoms with van der Waals surface area (Å²) in [6, 6.07) is 5.51. The highest BCUT2D eigenvalue weighted by Gasteiger charge is 2.24. The van der Waals surface area contributed by atoms with Crippen molar-refractivity contribution in [1.29, 1.82) is 0 Å². The Morgan fingerprint density at radius 1 is 1.19 bits per heavy atom. The van der Waals surface area contributed by atoms with Gasteiger partial charge in [0.1, 0.15) is 6.54 Å². The van der Waals surface area contributed by atoms with Gasteiger partial charge in [-0.15, -0.1) is 0 Å². The number of hydrogen-bond acceptors (Lipinski definition) is 7. The molecule has 0 radical (unpaired) electrons. The van der Waals surface area contributed by atoms with Gasteiger partial charge in [0.25, 0.3) is 15.9 Å². The topological polar surface area (TPSA) is 102 Å². The molecular formula is C16H24N2O7S. The van der Waals surface area contributed by atoms with Crippen LogP contribution in [-0.2, 0) is 29.1 Å². The monoisotopic (exact) mass is 388 g/mol. The second-order valence-corrected chi connectivity index (χ2v) is 7.09. The first kappa shape index (κ1) is 22.0. The van der Waals surface area contributed by atoms with Crippen molar-refractivity contribution in [2.45, 2.75) is 11.8 Å². The number of nitrogens with zero attached hydrogens (tertiary/aromatic N) is 2. The Morgan fingerprint density at radius 2 is 1.88 bits per heavy atom. The highest BCUT2D eigenvalue weighted by atomic mass is 32.2. The summed E-state index contributed by atoms with van der Waals surface area (Å²) < 4.78 is 35.2. The number of hydrogen-bond donors (Lipinski definition) is 0. The quantitative estimate of drug-likeness (QED) is 0.425. The zero-order chi connectivity index (χ0) is 19.7. The number of methoxy groups -OCH3 is 1. The van der Waals surface area contributed by atoms with Crippen LogP contribution in [0.2, 0.25) is 0 Å². The predicted octanol–water partition coefficient (Wildman–Crippen LogP) is 0.520. The fourth-order valence-electron chi connectivity index (χ4n) is 2.04. The van der Waals surface area contributed by atoms with E-state index >= 15 is 0 Å². The van der Waals surface area contributed by atoms with Crippen LogP contribution in [0.5, 0.6) is 0 Å². The second kappa shape index (κ2) is 10.2. The number of ether oxygens (including phenoxy) is 2. The van der Waals surface area contributed by atoms with Gasteiger partial charge in [0.15, 0.2) is 0 Å². The van der Waals surface area contributed by atoms with Gasteiger partial charge in [0, 0.05) is 26.3 Å². The van der Waals surface area contributed by atoms with Crippen LogP contribution in [0.4, 0.5) is 0 Å². The number of sulfonamides is 1. The molecule has 0 unspecified atom stereocenters. The molecule has 0 aliphatic heterocycles. The molecule has 0 aliphatic carbocycles. The highest BCUT2D eigenvalue weighted by molar-refractivity contribution is 7.89. The Morgan fingerprint density at radius 3 is 2.46 bits per heavy atom. The summed E-state index contributed by atoms with van der Waals surface area (Å²) in [6.45, 7) is 1.98. The molecule has 0 heterocycles. The molecule has 0 aliphatic rings. The van der Waals surface area contributed by atoms with Crippen molar-refractivity contribution in [3.8, 4) is 0 Å². The minimum absolute atomic E-state index is 0.101. The van der Waals surface area contributed by atoms with Gasteiger partial charge in [0.05, 0.1) is 25.2 Å². The van der Waals surface area contributed by atoms with Crippen LogP contribution in [0.15, 0.2) is 29.2 Å². The molecule has 1 aromatic rings. The van der Waals surface area contributed by atoms with Crippen LogP contribution in [-0.4, -0.2) is 77.2 Å². The minimum Gasteiger partial charge on any atom is -0.465 e. The number of carbonyl (C=O) groups is 2. The van der Waals surface area contributed by atoms with Crippen LogP contribution < -0.4 is 0 Å². The van der Waals surface area contributed by atoms with Crippen molar-refractivity contribution in [3.63, 3.8) is 0 Å². The van der Waals surface area contributed by atoms with Crippen LogP contribution in [0, 0.1) is 0 Å². The summed E-state index contributed by atoms with van der Waals surface area (Å²) in [4.78, 5) is 30.3. The van der Waals surface area contributed by atoms with E-state index in [2.05, 4.69) is 0 Å². The first-order valence-electron chi connectivity index (χ1n) is 7.84. The number of rotatable bonds is 10. The average molecular weight is 388 g/mol. The Kier molecular flexibility index (Phi) is 8.66. The lowest BCUT2D eigenvalue weighted by molar-refractivity contribution is -0.143. The maximum absolute atomic E-state index is 12.7. The maximum atomic E-state index is 12.7. The molecule has 0 atom stereocenters.